The number of rotatable bonds is 6. The van der Waals surface area contributed by atoms with Gasteiger partial charge in [0.2, 0.25) is 0 Å². The van der Waals surface area contributed by atoms with Crippen LogP contribution in [0.1, 0.15) is 45.6 Å². The van der Waals surface area contributed by atoms with Crippen molar-refractivity contribution in [3.8, 4) is 0 Å². The smallest absolute Gasteiger partial charge is 0.408 e. The first-order chi connectivity index (χ1) is 13.7. The predicted molar refractivity (Wildman–Crippen MR) is 106 cm³/mol. The fraction of sp³-hybridized carbons (Fsp3) is 0.571. The van der Waals surface area contributed by atoms with E-state index in [9.17, 15) is 14.4 Å². The molecule has 0 saturated heterocycles. The van der Waals surface area contributed by atoms with Crippen molar-refractivity contribution in [3.63, 3.8) is 0 Å². The van der Waals surface area contributed by atoms with Crippen molar-refractivity contribution in [1.82, 2.24) is 10.6 Å². The van der Waals surface area contributed by atoms with Gasteiger partial charge in [0.15, 0.2) is 0 Å². The van der Waals surface area contributed by atoms with Crippen LogP contribution in [0.5, 0.6) is 0 Å². The molecule has 0 heterocycles. The summed E-state index contributed by atoms with van der Waals surface area (Å²) in [5.41, 5.74) is 0.210. The van der Waals surface area contributed by atoms with Gasteiger partial charge in [0.05, 0.1) is 7.11 Å². The van der Waals surface area contributed by atoms with Crippen LogP contribution in [0.3, 0.4) is 0 Å². The first-order valence-corrected chi connectivity index (χ1v) is 9.74. The number of esters is 1. The molecule has 0 aromatic heterocycles. The summed E-state index contributed by atoms with van der Waals surface area (Å²) in [5, 5.41) is 5.42. The molecule has 1 aromatic carbocycles. The molecular formula is C21H30N2O6. The molecule has 1 aliphatic carbocycles. The molecule has 8 heteroatoms. The lowest BCUT2D eigenvalue weighted by molar-refractivity contribution is -0.144. The Labute approximate surface area is 171 Å². The Morgan fingerprint density at radius 3 is 2.41 bits per heavy atom. The van der Waals surface area contributed by atoms with E-state index in [1.807, 2.05) is 30.3 Å². The average Bonchev–Trinajstić information content (AvgIpc) is 3.10. The number of ether oxygens (including phenoxy) is 3. The maximum Gasteiger partial charge on any atom is 0.408 e. The highest BCUT2D eigenvalue weighted by Gasteiger charge is 2.40. The third-order valence-corrected chi connectivity index (χ3v) is 4.64. The fourth-order valence-electron chi connectivity index (χ4n) is 3.39. The summed E-state index contributed by atoms with van der Waals surface area (Å²) in [6.07, 6.45) is 0.869. The molecule has 1 saturated carbocycles. The maximum atomic E-state index is 12.3. The number of benzene rings is 1. The van der Waals surface area contributed by atoms with Crippen molar-refractivity contribution in [2.45, 2.75) is 64.3 Å². The molecule has 2 N–H and O–H groups in total. The predicted octanol–water partition coefficient (Wildman–Crippen LogP) is 3.15. The molecule has 2 amide bonds. The lowest BCUT2D eigenvalue weighted by Gasteiger charge is -2.29. The van der Waals surface area contributed by atoms with Crippen LogP contribution in [-0.2, 0) is 25.6 Å². The molecule has 160 valence electrons. The van der Waals surface area contributed by atoms with Crippen molar-refractivity contribution in [2.75, 3.05) is 7.11 Å². The third-order valence-electron chi connectivity index (χ3n) is 4.64. The highest BCUT2D eigenvalue weighted by molar-refractivity contribution is 5.82. The molecule has 1 aromatic rings. The number of methoxy groups -OCH3 is 1. The zero-order chi connectivity index (χ0) is 21.4. The van der Waals surface area contributed by atoms with E-state index in [1.165, 1.54) is 7.11 Å². The standard InChI is InChI=1S/C21H30N2O6/c1-21(2,3)29-20(26)22-16-12-8-11-15(16)17(18(24)27-4)23-19(25)28-13-14-9-6-5-7-10-14/h5-7,9-10,15-17H,8,11-13H2,1-4H3,(H,22,26)(H,23,25)/t15-,16-,17-/m0/s1. The summed E-state index contributed by atoms with van der Waals surface area (Å²) in [4.78, 5) is 36.7. The number of carbonyl (C=O) groups excluding carboxylic acids is 3. The largest absolute Gasteiger partial charge is 0.467 e. The second-order valence-corrected chi connectivity index (χ2v) is 8.05. The van der Waals surface area contributed by atoms with Crippen molar-refractivity contribution in [2.24, 2.45) is 5.92 Å². The van der Waals surface area contributed by atoms with Crippen molar-refractivity contribution in [1.29, 1.82) is 0 Å². The lowest BCUT2D eigenvalue weighted by Crippen LogP contribution is -2.52. The van der Waals surface area contributed by atoms with E-state index in [0.29, 0.717) is 12.8 Å². The van der Waals surface area contributed by atoms with E-state index < -0.39 is 29.8 Å². The van der Waals surface area contributed by atoms with Crippen LogP contribution in [0.25, 0.3) is 0 Å². The van der Waals surface area contributed by atoms with Gasteiger partial charge in [-0.3, -0.25) is 0 Å². The molecule has 0 radical (unpaired) electrons. The van der Waals surface area contributed by atoms with Gasteiger partial charge in [-0.1, -0.05) is 36.8 Å². The van der Waals surface area contributed by atoms with Crippen LogP contribution in [0, 0.1) is 5.92 Å². The van der Waals surface area contributed by atoms with Crippen LogP contribution < -0.4 is 10.6 Å². The summed E-state index contributed by atoms with van der Waals surface area (Å²) >= 11 is 0. The molecule has 8 nitrogen and oxygen atoms in total. The Morgan fingerprint density at radius 1 is 1.10 bits per heavy atom. The van der Waals surface area contributed by atoms with E-state index in [2.05, 4.69) is 10.6 Å². The Kier molecular flexibility index (Phi) is 7.87. The molecule has 1 fully saturated rings. The molecule has 29 heavy (non-hydrogen) atoms. The van der Waals surface area contributed by atoms with Gasteiger partial charge in [-0.2, -0.15) is 0 Å². The van der Waals surface area contributed by atoms with Crippen LogP contribution in [0.2, 0.25) is 0 Å². The third kappa shape index (κ3) is 7.29. The van der Waals surface area contributed by atoms with Gasteiger partial charge in [-0.05, 0) is 39.2 Å². The van der Waals surface area contributed by atoms with E-state index in [0.717, 1.165) is 12.0 Å². The number of nitrogens with one attached hydrogen (secondary N) is 2. The summed E-state index contributed by atoms with van der Waals surface area (Å²) in [7, 11) is 1.26. The van der Waals surface area contributed by atoms with Gasteiger partial charge in [0, 0.05) is 12.0 Å². The average molecular weight is 406 g/mol. The summed E-state index contributed by atoms with van der Waals surface area (Å²) < 4.78 is 15.4. The second-order valence-electron chi connectivity index (χ2n) is 8.05. The number of alkyl carbamates (subject to hydrolysis) is 2. The molecule has 1 aliphatic rings. The molecule has 0 aliphatic heterocycles. The fourth-order valence-corrected chi connectivity index (χ4v) is 3.39. The van der Waals surface area contributed by atoms with Crippen LogP contribution in [0.15, 0.2) is 30.3 Å². The normalized spacial score (nSPS) is 19.7. The summed E-state index contributed by atoms with van der Waals surface area (Å²) in [6.45, 7) is 5.42. The maximum absolute atomic E-state index is 12.3. The number of amides is 2. The van der Waals surface area contributed by atoms with Crippen molar-refractivity contribution in [3.05, 3.63) is 35.9 Å². The Balaban J connectivity index is 1.99. The van der Waals surface area contributed by atoms with Gasteiger partial charge in [-0.15, -0.1) is 0 Å². The Bertz CT molecular complexity index is 701. The molecule has 2 rings (SSSR count). The summed E-state index contributed by atoms with van der Waals surface area (Å²) in [6, 6.07) is 7.99. The topological polar surface area (TPSA) is 103 Å². The van der Waals surface area contributed by atoms with E-state index >= 15 is 0 Å². The summed E-state index contributed by atoms with van der Waals surface area (Å²) in [5.74, 6) is -0.899. The highest BCUT2D eigenvalue weighted by Crippen LogP contribution is 2.29. The van der Waals surface area contributed by atoms with Crippen LogP contribution >= 0.6 is 0 Å². The monoisotopic (exact) mass is 406 g/mol. The zero-order valence-electron chi connectivity index (χ0n) is 17.4. The number of hydrogen-bond donors (Lipinski definition) is 2. The first kappa shape index (κ1) is 22.5. The quantitative estimate of drug-likeness (QED) is 0.556. The van der Waals surface area contributed by atoms with Crippen LogP contribution in [0.4, 0.5) is 9.59 Å². The Hall–Kier alpha value is -2.77. The number of carbonyl (C=O) groups is 3. The molecule has 0 bridgehead atoms. The highest BCUT2D eigenvalue weighted by atomic mass is 16.6. The molecule has 0 unspecified atom stereocenters. The van der Waals surface area contributed by atoms with E-state index in [4.69, 9.17) is 14.2 Å². The van der Waals surface area contributed by atoms with Gasteiger partial charge in [0.25, 0.3) is 0 Å². The lowest BCUT2D eigenvalue weighted by atomic mass is 9.94. The van der Waals surface area contributed by atoms with Crippen molar-refractivity contribution < 1.29 is 28.6 Å². The minimum Gasteiger partial charge on any atom is -0.467 e. The van der Waals surface area contributed by atoms with Crippen molar-refractivity contribution >= 4 is 18.2 Å². The molecule has 0 spiro atoms. The minimum absolute atomic E-state index is 0.0881. The SMILES string of the molecule is COC(=O)[C@@H](NC(=O)OCc1ccccc1)[C@H]1CCC[C@@H]1NC(=O)OC(C)(C)C. The zero-order valence-corrected chi connectivity index (χ0v) is 17.4. The second kappa shape index (κ2) is 10.1. The number of hydrogen-bond acceptors (Lipinski definition) is 6. The van der Waals surface area contributed by atoms with Gasteiger partial charge < -0.3 is 24.8 Å². The van der Waals surface area contributed by atoms with E-state index in [-0.39, 0.29) is 18.6 Å². The van der Waals surface area contributed by atoms with Crippen LogP contribution in [-0.4, -0.2) is 43.0 Å². The molecular weight excluding hydrogens is 376 g/mol. The molecule has 3 atom stereocenters. The minimum atomic E-state index is -0.925. The Morgan fingerprint density at radius 2 is 1.79 bits per heavy atom. The van der Waals surface area contributed by atoms with Gasteiger partial charge in [-0.25, -0.2) is 14.4 Å². The van der Waals surface area contributed by atoms with Gasteiger partial charge in [0.1, 0.15) is 18.2 Å². The first-order valence-electron chi connectivity index (χ1n) is 9.74. The van der Waals surface area contributed by atoms with Gasteiger partial charge >= 0.3 is 18.2 Å². The van der Waals surface area contributed by atoms with E-state index in [1.54, 1.807) is 20.8 Å².